The lowest BCUT2D eigenvalue weighted by Gasteiger charge is -2.04. The van der Waals surface area contributed by atoms with Crippen molar-refractivity contribution in [2.75, 3.05) is 5.32 Å². The van der Waals surface area contributed by atoms with Crippen LogP contribution in [-0.4, -0.2) is 9.78 Å². The zero-order valence-corrected chi connectivity index (χ0v) is 10.6. The van der Waals surface area contributed by atoms with Crippen molar-refractivity contribution in [3.63, 3.8) is 0 Å². The first-order valence-corrected chi connectivity index (χ1v) is 5.94. The van der Waals surface area contributed by atoms with Crippen LogP contribution in [0, 0.1) is 12.8 Å². The largest absolute Gasteiger partial charge is 0.469 e. The summed E-state index contributed by atoms with van der Waals surface area (Å²) in [5.41, 5.74) is 2.23. The Hall–Kier alpha value is -1.71. The molecule has 0 spiro atoms. The van der Waals surface area contributed by atoms with Crippen molar-refractivity contribution in [1.82, 2.24) is 9.78 Å². The van der Waals surface area contributed by atoms with E-state index >= 15 is 0 Å². The summed E-state index contributed by atoms with van der Waals surface area (Å²) in [5, 5.41) is 7.65. The third-order valence-electron chi connectivity index (χ3n) is 2.63. The number of furan rings is 1. The van der Waals surface area contributed by atoms with Crippen LogP contribution in [0.4, 0.5) is 5.69 Å². The van der Waals surface area contributed by atoms with Gasteiger partial charge >= 0.3 is 0 Å². The van der Waals surface area contributed by atoms with Crippen LogP contribution < -0.4 is 5.32 Å². The molecule has 0 radical (unpaired) electrons. The van der Waals surface area contributed by atoms with Gasteiger partial charge in [0.2, 0.25) is 0 Å². The topological polar surface area (TPSA) is 43.0 Å². The van der Waals surface area contributed by atoms with Gasteiger partial charge in [-0.05, 0) is 18.9 Å². The average molecular weight is 233 g/mol. The van der Waals surface area contributed by atoms with Crippen molar-refractivity contribution in [3.05, 3.63) is 36.0 Å². The second-order valence-corrected chi connectivity index (χ2v) is 4.70. The van der Waals surface area contributed by atoms with Gasteiger partial charge in [-0.3, -0.25) is 4.68 Å². The molecule has 0 saturated heterocycles. The van der Waals surface area contributed by atoms with Crippen LogP contribution in [-0.2, 0) is 13.1 Å². The van der Waals surface area contributed by atoms with Gasteiger partial charge in [-0.15, -0.1) is 0 Å². The second-order valence-electron chi connectivity index (χ2n) is 4.70. The normalized spacial score (nSPS) is 11.1. The van der Waals surface area contributed by atoms with Gasteiger partial charge in [0.25, 0.3) is 0 Å². The van der Waals surface area contributed by atoms with E-state index in [9.17, 15) is 0 Å². The minimum absolute atomic E-state index is 0.610. The molecule has 0 aromatic carbocycles. The lowest BCUT2D eigenvalue weighted by atomic mass is 10.2. The van der Waals surface area contributed by atoms with E-state index in [1.54, 1.807) is 6.26 Å². The fraction of sp³-hybridized carbons (Fsp3) is 0.462. The first-order chi connectivity index (χ1) is 8.15. The maximum atomic E-state index is 5.25. The van der Waals surface area contributed by atoms with E-state index in [0.717, 1.165) is 24.5 Å². The summed E-state index contributed by atoms with van der Waals surface area (Å²) in [5.74, 6) is 1.57. The van der Waals surface area contributed by atoms with E-state index < -0.39 is 0 Å². The first kappa shape index (κ1) is 11.8. The molecule has 92 valence electrons. The number of aryl methyl sites for hydroxylation is 1. The Balaban J connectivity index is 1.91. The number of anilines is 1. The van der Waals surface area contributed by atoms with Crippen molar-refractivity contribution in [2.45, 2.75) is 33.9 Å². The van der Waals surface area contributed by atoms with Crippen LogP contribution in [0.1, 0.15) is 25.2 Å². The Bertz CT molecular complexity index is 470. The van der Waals surface area contributed by atoms with E-state index in [4.69, 9.17) is 4.42 Å². The molecule has 4 heteroatoms. The summed E-state index contributed by atoms with van der Waals surface area (Å²) in [6.45, 7) is 8.06. The zero-order chi connectivity index (χ0) is 12.3. The number of rotatable bonds is 5. The predicted molar refractivity (Wildman–Crippen MR) is 67.8 cm³/mol. The van der Waals surface area contributed by atoms with Crippen LogP contribution in [0.15, 0.2) is 29.1 Å². The summed E-state index contributed by atoms with van der Waals surface area (Å²) < 4.78 is 7.22. The Morgan fingerprint density at radius 3 is 2.94 bits per heavy atom. The monoisotopic (exact) mass is 233 g/mol. The van der Waals surface area contributed by atoms with Crippen LogP contribution in [0.5, 0.6) is 0 Å². The second kappa shape index (κ2) is 5.08. The lowest BCUT2D eigenvalue weighted by Crippen LogP contribution is -2.04. The average Bonchev–Trinajstić information content (AvgIpc) is 2.84. The van der Waals surface area contributed by atoms with Gasteiger partial charge in [0.05, 0.1) is 18.1 Å². The molecule has 2 rings (SSSR count). The standard InChI is InChI=1S/C13H19N3O/c1-10(2)8-16-9-13(7-15-16)14-6-12-4-5-17-11(12)3/h4-5,7,9-10,14H,6,8H2,1-3H3. The van der Waals surface area contributed by atoms with Crippen molar-refractivity contribution >= 4 is 5.69 Å². The van der Waals surface area contributed by atoms with E-state index in [-0.39, 0.29) is 0 Å². The van der Waals surface area contributed by atoms with Gasteiger partial charge < -0.3 is 9.73 Å². The molecular formula is C13H19N3O. The Morgan fingerprint density at radius 2 is 2.29 bits per heavy atom. The quantitative estimate of drug-likeness (QED) is 0.863. The smallest absolute Gasteiger partial charge is 0.105 e. The third kappa shape index (κ3) is 3.12. The molecule has 2 heterocycles. The highest BCUT2D eigenvalue weighted by molar-refractivity contribution is 5.39. The number of nitrogens with zero attached hydrogens (tertiary/aromatic N) is 2. The predicted octanol–water partition coefficient (Wildman–Crippen LogP) is 3.05. The highest BCUT2D eigenvalue weighted by atomic mass is 16.3. The van der Waals surface area contributed by atoms with E-state index in [1.165, 1.54) is 5.56 Å². The number of aromatic nitrogens is 2. The van der Waals surface area contributed by atoms with Gasteiger partial charge in [0, 0.05) is 24.8 Å². The maximum Gasteiger partial charge on any atom is 0.105 e. The van der Waals surface area contributed by atoms with Crippen molar-refractivity contribution in [2.24, 2.45) is 5.92 Å². The molecule has 17 heavy (non-hydrogen) atoms. The molecule has 4 nitrogen and oxygen atoms in total. The number of nitrogens with one attached hydrogen (secondary N) is 1. The Morgan fingerprint density at radius 1 is 1.47 bits per heavy atom. The van der Waals surface area contributed by atoms with Crippen LogP contribution in [0.3, 0.4) is 0 Å². The molecule has 0 aliphatic heterocycles. The Kier molecular flexibility index (Phi) is 3.52. The summed E-state index contributed by atoms with van der Waals surface area (Å²) in [7, 11) is 0. The summed E-state index contributed by atoms with van der Waals surface area (Å²) in [6.07, 6.45) is 5.61. The molecule has 0 bridgehead atoms. The van der Waals surface area contributed by atoms with Gasteiger partial charge in [-0.2, -0.15) is 5.10 Å². The zero-order valence-electron chi connectivity index (χ0n) is 10.6. The first-order valence-electron chi connectivity index (χ1n) is 5.94. The van der Waals surface area contributed by atoms with Crippen molar-refractivity contribution in [1.29, 1.82) is 0 Å². The van der Waals surface area contributed by atoms with Crippen LogP contribution in [0.25, 0.3) is 0 Å². The minimum Gasteiger partial charge on any atom is -0.469 e. The number of hydrogen-bond acceptors (Lipinski definition) is 3. The summed E-state index contributed by atoms with van der Waals surface area (Å²) >= 11 is 0. The molecule has 0 amide bonds. The van der Waals surface area contributed by atoms with E-state index in [0.29, 0.717) is 5.92 Å². The van der Waals surface area contributed by atoms with E-state index in [2.05, 4.69) is 24.3 Å². The van der Waals surface area contributed by atoms with E-state index in [1.807, 2.05) is 30.1 Å². The molecule has 1 N–H and O–H groups in total. The lowest BCUT2D eigenvalue weighted by molar-refractivity contribution is 0.483. The molecule has 0 fully saturated rings. The molecule has 0 saturated carbocycles. The van der Waals surface area contributed by atoms with Gasteiger partial charge in [-0.1, -0.05) is 13.8 Å². The van der Waals surface area contributed by atoms with Crippen molar-refractivity contribution in [3.8, 4) is 0 Å². The minimum atomic E-state index is 0.610. The highest BCUT2D eigenvalue weighted by Crippen LogP contribution is 2.12. The van der Waals surface area contributed by atoms with Gasteiger partial charge in [0.15, 0.2) is 0 Å². The molecule has 2 aromatic rings. The molecule has 0 aliphatic carbocycles. The molecule has 0 aliphatic rings. The molecular weight excluding hydrogens is 214 g/mol. The summed E-state index contributed by atoms with van der Waals surface area (Å²) in [6, 6.07) is 1.99. The van der Waals surface area contributed by atoms with Gasteiger partial charge in [0.1, 0.15) is 5.76 Å². The van der Waals surface area contributed by atoms with Crippen LogP contribution >= 0.6 is 0 Å². The fourth-order valence-electron chi connectivity index (χ4n) is 1.72. The third-order valence-corrected chi connectivity index (χ3v) is 2.63. The molecule has 2 aromatic heterocycles. The van der Waals surface area contributed by atoms with Crippen LogP contribution in [0.2, 0.25) is 0 Å². The van der Waals surface area contributed by atoms with Crippen molar-refractivity contribution < 1.29 is 4.42 Å². The fourth-order valence-corrected chi connectivity index (χ4v) is 1.72. The summed E-state index contributed by atoms with van der Waals surface area (Å²) in [4.78, 5) is 0. The SMILES string of the molecule is Cc1occc1CNc1cnn(CC(C)C)c1. The number of hydrogen-bond donors (Lipinski definition) is 1. The molecule has 0 atom stereocenters. The highest BCUT2D eigenvalue weighted by Gasteiger charge is 2.03. The van der Waals surface area contributed by atoms with Gasteiger partial charge in [-0.25, -0.2) is 0 Å². The molecule has 0 unspecified atom stereocenters. The Labute approximate surface area is 102 Å². The maximum absolute atomic E-state index is 5.25.